The van der Waals surface area contributed by atoms with Crippen LogP contribution in [0.1, 0.15) is 21.7 Å². The lowest BCUT2D eigenvalue weighted by atomic mass is 10.2. The first kappa shape index (κ1) is 18.7. The average molecular weight is 456 g/mol. The maximum atomic E-state index is 13.0. The van der Waals surface area contributed by atoms with Crippen LogP contribution in [0.3, 0.4) is 0 Å². The van der Waals surface area contributed by atoms with E-state index >= 15 is 0 Å². The van der Waals surface area contributed by atoms with Crippen LogP contribution in [0.2, 0.25) is 0 Å². The number of halogens is 1. The van der Waals surface area contributed by atoms with Gasteiger partial charge in [0.25, 0.3) is 5.91 Å². The van der Waals surface area contributed by atoms with Crippen molar-refractivity contribution in [3.63, 3.8) is 0 Å². The highest BCUT2D eigenvalue weighted by Gasteiger charge is 2.20. The third-order valence-electron chi connectivity index (χ3n) is 4.49. The summed E-state index contributed by atoms with van der Waals surface area (Å²) in [4.78, 5) is 17.2. The molecule has 0 aliphatic rings. The van der Waals surface area contributed by atoms with E-state index in [1.807, 2.05) is 58.5 Å². The van der Waals surface area contributed by atoms with Gasteiger partial charge in [-0.3, -0.25) is 9.78 Å². The molecule has 1 N–H and O–H groups in total. The smallest absolute Gasteiger partial charge is 0.268 e. The van der Waals surface area contributed by atoms with Gasteiger partial charge >= 0.3 is 0 Å². The molecule has 0 saturated carbocycles. The van der Waals surface area contributed by atoms with Gasteiger partial charge in [0, 0.05) is 17.1 Å². The van der Waals surface area contributed by atoms with Crippen molar-refractivity contribution in [2.75, 3.05) is 7.11 Å². The Bertz CT molecular complexity index is 1120. The second-order valence-electron chi connectivity index (χ2n) is 6.23. The fraction of sp³-hybridized carbons (Fsp3) is 0.143. The normalized spacial score (nSPS) is 10.9. The van der Waals surface area contributed by atoms with Crippen LogP contribution in [0, 0.1) is 0 Å². The molecule has 0 atom stereocenters. The number of nitrogens with zero attached hydrogens (tertiary/aromatic N) is 2. The van der Waals surface area contributed by atoms with Gasteiger partial charge in [0.1, 0.15) is 11.4 Å². The number of ether oxygens (including phenoxy) is 1. The number of carbonyl (C=O) groups is 1. The number of methoxy groups -OCH3 is 1. The van der Waals surface area contributed by atoms with E-state index in [2.05, 4.69) is 26.2 Å². The van der Waals surface area contributed by atoms with Gasteiger partial charge in [-0.1, -0.05) is 24.3 Å². The lowest BCUT2D eigenvalue weighted by Gasteiger charge is -2.13. The van der Waals surface area contributed by atoms with Crippen LogP contribution < -0.4 is 10.1 Å². The van der Waals surface area contributed by atoms with Gasteiger partial charge < -0.3 is 14.6 Å². The topological polar surface area (TPSA) is 56.1 Å². The second kappa shape index (κ2) is 8.16. The number of amides is 1. The number of hydrogen-bond acceptors (Lipinski definition) is 4. The number of fused-ring (bicyclic) bond motifs is 1. The number of thiophene rings is 1. The van der Waals surface area contributed by atoms with Gasteiger partial charge in [-0.05, 0) is 40.2 Å². The van der Waals surface area contributed by atoms with E-state index in [-0.39, 0.29) is 5.91 Å². The van der Waals surface area contributed by atoms with E-state index in [1.54, 1.807) is 24.6 Å². The minimum absolute atomic E-state index is 0.129. The largest absolute Gasteiger partial charge is 0.496 e. The molecular formula is C21H18BrN3O2S. The molecule has 28 heavy (non-hydrogen) atoms. The Balaban J connectivity index is 1.68. The number of para-hydroxylation sites is 1. The van der Waals surface area contributed by atoms with Crippen molar-refractivity contribution in [2.45, 2.75) is 13.1 Å². The first-order chi connectivity index (χ1) is 13.7. The molecule has 5 nitrogen and oxygen atoms in total. The van der Waals surface area contributed by atoms with E-state index in [0.29, 0.717) is 18.8 Å². The first-order valence-corrected chi connectivity index (χ1v) is 10.4. The van der Waals surface area contributed by atoms with Crippen LogP contribution in [-0.2, 0) is 13.1 Å². The second-order valence-corrected chi connectivity index (χ2v) is 7.99. The number of nitrogens with one attached hydrogen (secondary N) is 1. The molecule has 0 unspecified atom stereocenters. The zero-order valence-electron chi connectivity index (χ0n) is 15.2. The van der Waals surface area contributed by atoms with Crippen LogP contribution >= 0.6 is 27.3 Å². The SMILES string of the molecule is COc1ccccc1Cn1c(C(=O)NCc2ccccn2)cc2scc(Br)c21. The number of aromatic nitrogens is 2. The Morgan fingerprint density at radius 2 is 2.07 bits per heavy atom. The lowest BCUT2D eigenvalue weighted by molar-refractivity contribution is 0.0942. The lowest BCUT2D eigenvalue weighted by Crippen LogP contribution is -2.26. The summed E-state index contributed by atoms with van der Waals surface area (Å²) < 4.78 is 9.56. The van der Waals surface area contributed by atoms with Gasteiger partial charge in [0.2, 0.25) is 0 Å². The third kappa shape index (κ3) is 3.68. The molecule has 3 heterocycles. The summed E-state index contributed by atoms with van der Waals surface area (Å²) in [6, 6.07) is 15.5. The molecule has 0 bridgehead atoms. The van der Waals surface area contributed by atoms with E-state index in [9.17, 15) is 4.79 Å². The van der Waals surface area contributed by atoms with Crippen molar-refractivity contribution >= 4 is 43.4 Å². The van der Waals surface area contributed by atoms with E-state index in [4.69, 9.17) is 4.74 Å². The molecule has 0 spiro atoms. The Morgan fingerprint density at radius 3 is 2.86 bits per heavy atom. The summed E-state index contributed by atoms with van der Waals surface area (Å²) in [5.41, 5.74) is 3.46. The maximum absolute atomic E-state index is 13.0. The van der Waals surface area contributed by atoms with Crippen molar-refractivity contribution in [1.82, 2.24) is 14.9 Å². The summed E-state index contributed by atoms with van der Waals surface area (Å²) >= 11 is 5.23. The Kier molecular flexibility index (Phi) is 5.45. The number of hydrogen-bond donors (Lipinski definition) is 1. The van der Waals surface area contributed by atoms with Crippen molar-refractivity contribution in [3.8, 4) is 5.75 Å². The zero-order chi connectivity index (χ0) is 19.5. The van der Waals surface area contributed by atoms with Gasteiger partial charge in [0.05, 0.1) is 40.6 Å². The number of benzene rings is 1. The molecule has 7 heteroatoms. The van der Waals surface area contributed by atoms with Crippen LogP contribution in [0.4, 0.5) is 0 Å². The monoisotopic (exact) mass is 455 g/mol. The van der Waals surface area contributed by atoms with Gasteiger partial charge in [-0.2, -0.15) is 0 Å². The predicted octanol–water partition coefficient (Wildman–Crippen LogP) is 4.85. The molecule has 142 valence electrons. The van der Waals surface area contributed by atoms with Crippen molar-refractivity contribution in [3.05, 3.63) is 81.5 Å². The number of carbonyl (C=O) groups excluding carboxylic acids is 1. The average Bonchev–Trinajstić information content (AvgIpc) is 3.27. The molecule has 0 radical (unpaired) electrons. The fourth-order valence-electron chi connectivity index (χ4n) is 3.15. The van der Waals surface area contributed by atoms with Gasteiger partial charge in [0.15, 0.2) is 0 Å². The number of rotatable bonds is 6. The first-order valence-electron chi connectivity index (χ1n) is 8.73. The summed E-state index contributed by atoms with van der Waals surface area (Å²) in [5, 5.41) is 5.02. The standard InChI is InChI=1S/C21H18BrN3O2S/c1-27-18-8-3-2-6-14(18)12-25-17(10-19-20(25)16(22)13-28-19)21(26)24-11-15-7-4-5-9-23-15/h2-10,13H,11-12H2,1H3,(H,24,26). The van der Waals surface area contributed by atoms with Crippen LogP contribution in [0.5, 0.6) is 5.75 Å². The third-order valence-corrected chi connectivity index (χ3v) is 6.31. The van der Waals surface area contributed by atoms with E-state index < -0.39 is 0 Å². The quantitative estimate of drug-likeness (QED) is 0.452. The Hall–Kier alpha value is -2.64. The summed E-state index contributed by atoms with van der Waals surface area (Å²) in [6.45, 7) is 0.920. The summed E-state index contributed by atoms with van der Waals surface area (Å²) in [6.07, 6.45) is 1.72. The molecule has 4 rings (SSSR count). The molecule has 0 fully saturated rings. The predicted molar refractivity (Wildman–Crippen MR) is 115 cm³/mol. The van der Waals surface area contributed by atoms with Crippen molar-refractivity contribution < 1.29 is 9.53 Å². The highest BCUT2D eigenvalue weighted by Crippen LogP contribution is 2.34. The maximum Gasteiger partial charge on any atom is 0.268 e. The fourth-order valence-corrected chi connectivity index (χ4v) is 4.84. The molecule has 0 aliphatic heterocycles. The highest BCUT2D eigenvalue weighted by molar-refractivity contribution is 9.10. The molecule has 1 amide bonds. The molecule has 0 saturated heterocycles. The molecular weight excluding hydrogens is 438 g/mol. The molecule has 4 aromatic rings. The highest BCUT2D eigenvalue weighted by atomic mass is 79.9. The van der Waals surface area contributed by atoms with E-state index in [0.717, 1.165) is 31.7 Å². The summed E-state index contributed by atoms with van der Waals surface area (Å²) in [5.74, 6) is 0.673. The van der Waals surface area contributed by atoms with Crippen molar-refractivity contribution in [2.24, 2.45) is 0 Å². The number of pyridine rings is 1. The molecule has 3 aromatic heterocycles. The minimum Gasteiger partial charge on any atom is -0.496 e. The van der Waals surface area contributed by atoms with Crippen LogP contribution in [0.15, 0.2) is 64.6 Å². The Labute approximate surface area is 175 Å². The van der Waals surface area contributed by atoms with Gasteiger partial charge in [-0.15, -0.1) is 11.3 Å². The van der Waals surface area contributed by atoms with Crippen LogP contribution in [-0.4, -0.2) is 22.6 Å². The summed E-state index contributed by atoms with van der Waals surface area (Å²) in [7, 11) is 1.66. The van der Waals surface area contributed by atoms with Crippen molar-refractivity contribution in [1.29, 1.82) is 0 Å². The molecule has 1 aromatic carbocycles. The Morgan fingerprint density at radius 1 is 1.25 bits per heavy atom. The molecule has 0 aliphatic carbocycles. The minimum atomic E-state index is -0.129. The zero-order valence-corrected chi connectivity index (χ0v) is 17.6. The van der Waals surface area contributed by atoms with Crippen LogP contribution in [0.25, 0.3) is 10.2 Å². The van der Waals surface area contributed by atoms with Gasteiger partial charge in [-0.25, -0.2) is 0 Å². The van der Waals surface area contributed by atoms with E-state index in [1.165, 1.54) is 0 Å².